The summed E-state index contributed by atoms with van der Waals surface area (Å²) in [6.45, 7) is 2.12. The van der Waals surface area contributed by atoms with E-state index in [0.717, 1.165) is 25.9 Å². The van der Waals surface area contributed by atoms with Gasteiger partial charge in [0.05, 0.1) is 7.11 Å². The third kappa shape index (κ3) is 4.33. The first kappa shape index (κ1) is 19.4. The second-order valence-corrected chi connectivity index (χ2v) is 8.40. The number of methoxy groups -OCH3 is 1. The fourth-order valence-electron chi connectivity index (χ4n) is 3.39. The van der Waals surface area contributed by atoms with Crippen LogP contribution in [0.5, 0.6) is 0 Å². The van der Waals surface area contributed by atoms with Gasteiger partial charge in [-0.05, 0) is 37.0 Å². The number of hydrogen-bond acceptors (Lipinski definition) is 5. The van der Waals surface area contributed by atoms with Gasteiger partial charge in [0, 0.05) is 38.6 Å². The Hall–Kier alpha value is -2.32. The lowest BCUT2D eigenvalue weighted by molar-refractivity contribution is 0.0590. The van der Waals surface area contributed by atoms with Crippen molar-refractivity contribution in [3.63, 3.8) is 0 Å². The van der Waals surface area contributed by atoms with E-state index in [1.54, 1.807) is 7.05 Å². The van der Waals surface area contributed by atoms with Crippen LogP contribution in [0.3, 0.4) is 0 Å². The number of fused-ring (bicyclic) bond motifs is 1. The number of esters is 1. The van der Waals surface area contributed by atoms with Gasteiger partial charge < -0.3 is 14.2 Å². The predicted molar refractivity (Wildman–Crippen MR) is 104 cm³/mol. The zero-order valence-corrected chi connectivity index (χ0v) is 16.5. The molecule has 1 aliphatic rings. The van der Waals surface area contributed by atoms with Crippen molar-refractivity contribution in [2.45, 2.75) is 24.2 Å². The molecule has 2 heterocycles. The van der Waals surface area contributed by atoms with Crippen LogP contribution in [-0.4, -0.2) is 45.7 Å². The quantitative estimate of drug-likeness (QED) is 0.576. The Kier molecular flexibility index (Phi) is 5.86. The lowest BCUT2D eigenvalue weighted by atomic mass is 10.0. The fraction of sp³-hybridized carbons (Fsp3) is 0.421. The zero-order valence-electron chi connectivity index (χ0n) is 15.6. The molecule has 0 spiro atoms. The molecular formula is C19H25N3O4S. The maximum Gasteiger partial charge on any atom is 0.354 e. The van der Waals surface area contributed by atoms with Gasteiger partial charge in [0.25, 0.3) is 0 Å². The Morgan fingerprint density at radius 1 is 1.30 bits per heavy atom. The molecule has 8 heteroatoms. The molecule has 2 aromatic rings. The number of ether oxygens (including phenoxy) is 1. The molecule has 1 aromatic heterocycles. The van der Waals surface area contributed by atoms with Gasteiger partial charge in [-0.1, -0.05) is 18.2 Å². The van der Waals surface area contributed by atoms with Gasteiger partial charge in [0.1, 0.15) is 10.6 Å². The number of aryl methyl sites for hydroxylation is 2. The van der Waals surface area contributed by atoms with E-state index in [1.807, 2.05) is 6.07 Å². The first-order valence-electron chi connectivity index (χ1n) is 8.99. The van der Waals surface area contributed by atoms with E-state index in [4.69, 9.17) is 0 Å². The second kappa shape index (κ2) is 8.14. The Bertz CT molecular complexity index is 921. The van der Waals surface area contributed by atoms with E-state index in [0.29, 0.717) is 13.0 Å². The van der Waals surface area contributed by atoms with Crippen molar-refractivity contribution in [2.24, 2.45) is 7.05 Å². The number of carbonyl (C=O) groups is 1. The van der Waals surface area contributed by atoms with Crippen molar-refractivity contribution in [3.8, 4) is 0 Å². The Labute approximate surface area is 160 Å². The summed E-state index contributed by atoms with van der Waals surface area (Å²) in [6.07, 6.45) is 4.32. The average Bonchev–Trinajstić information content (AvgIpc) is 3.07. The second-order valence-electron chi connectivity index (χ2n) is 6.63. The highest BCUT2D eigenvalue weighted by Gasteiger charge is 2.21. The van der Waals surface area contributed by atoms with Gasteiger partial charge in [-0.15, -0.1) is 0 Å². The van der Waals surface area contributed by atoms with Crippen LogP contribution in [0.15, 0.2) is 41.4 Å². The molecule has 1 aliphatic heterocycles. The van der Waals surface area contributed by atoms with Crippen LogP contribution < -0.4 is 9.62 Å². The Balaban J connectivity index is 1.57. The minimum Gasteiger partial charge on any atom is -0.464 e. The van der Waals surface area contributed by atoms with Crippen LogP contribution in [-0.2, 0) is 28.2 Å². The van der Waals surface area contributed by atoms with Crippen LogP contribution in [0.1, 0.15) is 28.9 Å². The number of aromatic nitrogens is 1. The zero-order chi connectivity index (χ0) is 19.4. The third-order valence-corrected chi connectivity index (χ3v) is 6.22. The summed E-state index contributed by atoms with van der Waals surface area (Å²) in [4.78, 5) is 14.0. The number of nitrogens with zero attached hydrogens (tertiary/aromatic N) is 2. The molecule has 0 unspecified atom stereocenters. The van der Waals surface area contributed by atoms with E-state index in [1.165, 1.54) is 35.2 Å². The third-order valence-electron chi connectivity index (χ3n) is 4.79. The van der Waals surface area contributed by atoms with Gasteiger partial charge in [-0.3, -0.25) is 0 Å². The Morgan fingerprint density at radius 3 is 2.85 bits per heavy atom. The molecule has 3 rings (SSSR count). The number of anilines is 1. The number of sulfonamides is 1. The molecule has 0 radical (unpaired) electrons. The largest absolute Gasteiger partial charge is 0.464 e. The van der Waals surface area contributed by atoms with E-state index >= 15 is 0 Å². The smallest absolute Gasteiger partial charge is 0.354 e. The minimum absolute atomic E-state index is 0.0636. The van der Waals surface area contributed by atoms with Crippen LogP contribution >= 0.6 is 0 Å². The van der Waals surface area contributed by atoms with E-state index in [-0.39, 0.29) is 10.6 Å². The summed E-state index contributed by atoms with van der Waals surface area (Å²) >= 11 is 0. The number of hydrogen-bond donors (Lipinski definition) is 1. The highest BCUT2D eigenvalue weighted by molar-refractivity contribution is 7.89. The van der Waals surface area contributed by atoms with Gasteiger partial charge in [0.15, 0.2) is 0 Å². The van der Waals surface area contributed by atoms with Crippen LogP contribution in [0.2, 0.25) is 0 Å². The van der Waals surface area contributed by atoms with Gasteiger partial charge in [-0.2, -0.15) is 0 Å². The normalized spacial score (nSPS) is 14.1. The first-order valence-corrected chi connectivity index (χ1v) is 10.5. The average molecular weight is 391 g/mol. The first-order chi connectivity index (χ1) is 12.9. The molecule has 0 saturated heterocycles. The van der Waals surface area contributed by atoms with E-state index in [9.17, 15) is 13.2 Å². The van der Waals surface area contributed by atoms with Crippen molar-refractivity contribution in [3.05, 3.63) is 47.8 Å². The van der Waals surface area contributed by atoms with Crippen molar-refractivity contribution in [1.29, 1.82) is 0 Å². The summed E-state index contributed by atoms with van der Waals surface area (Å²) in [5, 5.41) is 0. The topological polar surface area (TPSA) is 80.6 Å². The molecule has 27 heavy (non-hydrogen) atoms. The molecule has 0 fully saturated rings. The molecule has 0 amide bonds. The van der Waals surface area contributed by atoms with Crippen molar-refractivity contribution < 1.29 is 17.9 Å². The van der Waals surface area contributed by atoms with E-state index < -0.39 is 16.0 Å². The van der Waals surface area contributed by atoms with Crippen molar-refractivity contribution in [2.75, 3.05) is 31.6 Å². The number of benzene rings is 1. The Morgan fingerprint density at radius 2 is 2.07 bits per heavy atom. The SMILES string of the molecule is COC(=O)c1cc(S(=O)(=O)NCCCN2CCCc3ccccc32)cn1C. The molecule has 0 aliphatic carbocycles. The summed E-state index contributed by atoms with van der Waals surface area (Å²) in [7, 11) is -0.790. The summed E-state index contributed by atoms with van der Waals surface area (Å²) < 4.78 is 33.7. The van der Waals surface area contributed by atoms with Crippen molar-refractivity contribution >= 4 is 21.7 Å². The maximum atomic E-state index is 12.5. The van der Waals surface area contributed by atoms with Crippen LogP contribution in [0, 0.1) is 0 Å². The minimum atomic E-state index is -3.66. The molecule has 0 saturated carbocycles. The lowest BCUT2D eigenvalue weighted by Crippen LogP contribution is -2.33. The fourth-order valence-corrected chi connectivity index (χ4v) is 4.54. The standard InChI is InChI=1S/C19H25N3O4S/c1-21-14-16(13-18(21)19(23)26-2)27(24,25)20-10-6-12-22-11-5-8-15-7-3-4-9-17(15)22/h3-4,7,9,13-14,20H,5-6,8,10-12H2,1-2H3. The highest BCUT2D eigenvalue weighted by atomic mass is 32.2. The maximum absolute atomic E-state index is 12.5. The summed E-state index contributed by atoms with van der Waals surface area (Å²) in [5.74, 6) is -0.567. The summed E-state index contributed by atoms with van der Waals surface area (Å²) in [5.41, 5.74) is 2.80. The van der Waals surface area contributed by atoms with Gasteiger partial charge in [-0.25, -0.2) is 17.9 Å². The van der Waals surface area contributed by atoms with Gasteiger partial charge >= 0.3 is 5.97 Å². The summed E-state index contributed by atoms with van der Waals surface area (Å²) in [6, 6.07) is 9.69. The molecule has 146 valence electrons. The van der Waals surface area contributed by atoms with Crippen LogP contribution in [0.25, 0.3) is 0 Å². The predicted octanol–water partition coefficient (Wildman–Crippen LogP) is 1.93. The monoisotopic (exact) mass is 391 g/mol. The number of nitrogens with one attached hydrogen (secondary N) is 1. The number of para-hydroxylation sites is 1. The number of rotatable bonds is 7. The van der Waals surface area contributed by atoms with E-state index in [2.05, 4.69) is 32.6 Å². The van der Waals surface area contributed by atoms with Crippen LogP contribution in [0.4, 0.5) is 5.69 Å². The lowest BCUT2D eigenvalue weighted by Gasteiger charge is -2.31. The molecule has 7 nitrogen and oxygen atoms in total. The molecule has 0 atom stereocenters. The number of carbonyl (C=O) groups excluding carboxylic acids is 1. The molecule has 1 aromatic carbocycles. The highest BCUT2D eigenvalue weighted by Crippen LogP contribution is 2.26. The molecular weight excluding hydrogens is 366 g/mol. The van der Waals surface area contributed by atoms with Crippen molar-refractivity contribution in [1.82, 2.24) is 9.29 Å². The molecule has 0 bridgehead atoms. The van der Waals surface area contributed by atoms with Gasteiger partial charge in [0.2, 0.25) is 10.0 Å². The molecule has 1 N–H and O–H groups in total.